The molecule has 0 unspecified atom stereocenters. The van der Waals surface area contributed by atoms with Gasteiger partial charge in [0.2, 0.25) is 5.95 Å². The smallest absolute Gasteiger partial charge is 0.235 e. The number of para-hydroxylation sites is 3. The molecule has 0 spiro atoms. The summed E-state index contributed by atoms with van der Waals surface area (Å²) in [7, 11) is 0. The van der Waals surface area contributed by atoms with Gasteiger partial charge >= 0.3 is 0 Å². The Morgan fingerprint density at radius 2 is 0.757 bits per heavy atom. The number of benzene rings is 13. The zero-order valence-electron chi connectivity index (χ0n) is 39.9. The summed E-state index contributed by atoms with van der Waals surface area (Å²) in [6.45, 7) is 0. The third-order valence-electron chi connectivity index (χ3n) is 15.1. The van der Waals surface area contributed by atoms with Crippen molar-refractivity contribution in [1.29, 1.82) is 5.26 Å². The summed E-state index contributed by atoms with van der Waals surface area (Å²) in [6, 6.07) is 90.0. The van der Waals surface area contributed by atoms with Crippen LogP contribution in [0.2, 0.25) is 0 Å². The van der Waals surface area contributed by atoms with Gasteiger partial charge in [-0.3, -0.25) is 4.57 Å². The van der Waals surface area contributed by atoms with Gasteiger partial charge in [0.25, 0.3) is 0 Å². The minimum Gasteiger partial charge on any atom is -0.309 e. The Labute approximate surface area is 424 Å². The molecule has 0 aliphatic carbocycles. The van der Waals surface area contributed by atoms with Gasteiger partial charge in [-0.05, 0) is 96.3 Å². The van der Waals surface area contributed by atoms with Crippen LogP contribution in [0.15, 0.2) is 249 Å². The van der Waals surface area contributed by atoms with Crippen LogP contribution in [0, 0.1) is 11.3 Å². The van der Waals surface area contributed by atoms with E-state index in [1.54, 1.807) is 0 Å². The first-order valence-corrected chi connectivity index (χ1v) is 25.1. The van der Waals surface area contributed by atoms with E-state index in [2.05, 4.69) is 228 Å². The van der Waals surface area contributed by atoms with Crippen molar-refractivity contribution in [1.82, 2.24) is 19.1 Å². The van der Waals surface area contributed by atoms with Crippen LogP contribution >= 0.6 is 0 Å². The highest BCUT2D eigenvalue weighted by Gasteiger charge is 2.23. The second kappa shape index (κ2) is 16.5. The molecule has 74 heavy (non-hydrogen) atoms. The number of fused-ring (bicyclic) bond motifs is 21. The standard InChI is InChI=1S/C38H23N3.C31H18N2/c1-2-13-25(14-3-1)36-29-18-8-10-20-32(29)39-38(40-36)41-33-21-11-9-19-30(33)35-31-23-22-24-12-4-5-15-26(24)34(31)27-16-6-7-17-28(27)37(35)41;32-19-20-13-16-22(17-14-20)33-28-12-6-5-11-26(28)30-27-18-15-21-7-1-2-8-23(21)29(27)24-9-3-4-10-25(24)31(30)33/h1-23H;1-18H. The minimum atomic E-state index is 0.668. The van der Waals surface area contributed by atoms with Crippen LogP contribution in [0.4, 0.5) is 0 Å². The number of nitrogens with zero attached hydrogens (tertiary/aromatic N) is 5. The molecule has 0 bridgehead atoms. The largest absolute Gasteiger partial charge is 0.309 e. The third kappa shape index (κ3) is 6.16. The minimum absolute atomic E-state index is 0.668. The van der Waals surface area contributed by atoms with E-state index in [-0.39, 0.29) is 0 Å². The number of rotatable bonds is 3. The Kier molecular flexibility index (Phi) is 9.26. The van der Waals surface area contributed by atoms with E-state index in [1.807, 2.05) is 36.4 Å². The van der Waals surface area contributed by atoms with Crippen molar-refractivity contribution in [2.24, 2.45) is 0 Å². The maximum absolute atomic E-state index is 9.29. The number of hydrogen-bond acceptors (Lipinski definition) is 3. The zero-order chi connectivity index (χ0) is 48.9. The van der Waals surface area contributed by atoms with Gasteiger partial charge in [-0.1, -0.05) is 206 Å². The van der Waals surface area contributed by atoms with Crippen molar-refractivity contribution in [2.45, 2.75) is 0 Å². The van der Waals surface area contributed by atoms with Crippen LogP contribution in [0.25, 0.3) is 142 Å². The highest BCUT2D eigenvalue weighted by atomic mass is 15.2. The number of hydrogen-bond donors (Lipinski definition) is 0. The second-order valence-corrected chi connectivity index (χ2v) is 19.1. The fourth-order valence-electron chi connectivity index (χ4n) is 12.0. The molecule has 0 aliphatic rings. The first kappa shape index (κ1) is 41.6. The van der Waals surface area contributed by atoms with E-state index < -0.39 is 0 Å². The maximum Gasteiger partial charge on any atom is 0.235 e. The van der Waals surface area contributed by atoms with Crippen LogP contribution in [0.1, 0.15) is 5.56 Å². The Bertz CT molecular complexity index is 5020. The predicted octanol–water partition coefficient (Wildman–Crippen LogP) is 18.0. The molecule has 3 heterocycles. The quantitative estimate of drug-likeness (QED) is 0.166. The average Bonchev–Trinajstić information content (AvgIpc) is 4.09. The molecule has 5 nitrogen and oxygen atoms in total. The average molecular weight is 940 g/mol. The predicted molar refractivity (Wildman–Crippen MR) is 310 cm³/mol. The highest BCUT2D eigenvalue weighted by molar-refractivity contribution is 6.37. The molecule has 0 aliphatic heterocycles. The lowest BCUT2D eigenvalue weighted by molar-refractivity contribution is 1.02. The van der Waals surface area contributed by atoms with Gasteiger partial charge in [0.05, 0.1) is 44.9 Å². The first-order chi connectivity index (χ1) is 36.7. The van der Waals surface area contributed by atoms with E-state index in [9.17, 15) is 5.26 Å². The fourth-order valence-corrected chi connectivity index (χ4v) is 12.0. The molecule has 0 saturated heterocycles. The maximum atomic E-state index is 9.29. The first-order valence-electron chi connectivity index (χ1n) is 25.1. The van der Waals surface area contributed by atoms with Gasteiger partial charge < -0.3 is 4.57 Å². The lowest BCUT2D eigenvalue weighted by atomic mass is 9.93. The Morgan fingerprint density at radius 3 is 1.32 bits per heavy atom. The summed E-state index contributed by atoms with van der Waals surface area (Å²) in [5.74, 6) is 0.680. The Balaban J connectivity index is 0.000000134. The molecule has 0 N–H and O–H groups in total. The van der Waals surface area contributed by atoms with Gasteiger partial charge in [-0.25, -0.2) is 9.97 Å². The molecule has 13 aromatic carbocycles. The molecule has 0 radical (unpaired) electrons. The molecule has 0 fully saturated rings. The molecule has 16 aromatic rings. The lowest BCUT2D eigenvalue weighted by Crippen LogP contribution is -2.03. The monoisotopic (exact) mass is 939 g/mol. The molecule has 0 amide bonds. The summed E-state index contributed by atoms with van der Waals surface area (Å²) < 4.78 is 4.63. The normalized spacial score (nSPS) is 11.8. The van der Waals surface area contributed by atoms with Crippen molar-refractivity contribution < 1.29 is 0 Å². The van der Waals surface area contributed by atoms with Gasteiger partial charge in [0, 0.05) is 49.0 Å². The lowest BCUT2D eigenvalue weighted by Gasteiger charge is -2.14. The zero-order valence-corrected chi connectivity index (χ0v) is 39.9. The Hall–Kier alpha value is -10.2. The van der Waals surface area contributed by atoms with Crippen LogP contribution in [-0.4, -0.2) is 19.1 Å². The molecule has 0 saturated carbocycles. The number of aromatic nitrogens is 4. The van der Waals surface area contributed by atoms with Gasteiger partial charge in [-0.2, -0.15) is 5.26 Å². The van der Waals surface area contributed by atoms with Gasteiger partial charge in [0.15, 0.2) is 0 Å². The fraction of sp³-hybridized carbons (Fsp3) is 0. The van der Waals surface area contributed by atoms with Crippen molar-refractivity contribution in [2.75, 3.05) is 0 Å². The van der Waals surface area contributed by atoms with Crippen molar-refractivity contribution in [3.63, 3.8) is 0 Å². The number of nitriles is 1. The van der Waals surface area contributed by atoms with Crippen molar-refractivity contribution in [3.8, 4) is 29.0 Å². The third-order valence-corrected chi connectivity index (χ3v) is 15.1. The highest BCUT2D eigenvalue weighted by Crippen LogP contribution is 2.46. The molecule has 3 aromatic heterocycles. The van der Waals surface area contributed by atoms with E-state index in [1.165, 1.54) is 97.2 Å². The molecule has 342 valence electrons. The Morgan fingerprint density at radius 1 is 0.311 bits per heavy atom. The SMILES string of the molecule is N#Cc1ccc(-n2c3ccccc3c3c4ccc5ccccc5c4c4ccccc4c32)cc1.c1ccc(-c2nc(-n3c4ccccc4c4c5ccc6ccccc6c5c5ccccc5c43)nc3ccccc23)cc1. The van der Waals surface area contributed by atoms with Crippen molar-refractivity contribution >= 4 is 119 Å². The molecule has 16 rings (SSSR count). The van der Waals surface area contributed by atoms with Crippen LogP contribution in [-0.2, 0) is 0 Å². The second-order valence-electron chi connectivity index (χ2n) is 19.1. The summed E-state index contributed by atoms with van der Waals surface area (Å²) in [5, 5.41) is 30.4. The molecular formula is C69H41N5. The van der Waals surface area contributed by atoms with E-state index >= 15 is 0 Å². The summed E-state index contributed by atoms with van der Waals surface area (Å²) in [6.07, 6.45) is 0. The molecule has 0 atom stereocenters. The van der Waals surface area contributed by atoms with E-state index in [0.717, 1.165) is 38.9 Å². The van der Waals surface area contributed by atoms with E-state index in [4.69, 9.17) is 9.97 Å². The van der Waals surface area contributed by atoms with Gasteiger partial charge in [-0.15, -0.1) is 0 Å². The van der Waals surface area contributed by atoms with Crippen LogP contribution in [0.5, 0.6) is 0 Å². The van der Waals surface area contributed by atoms with E-state index in [0.29, 0.717) is 11.5 Å². The van der Waals surface area contributed by atoms with Crippen LogP contribution < -0.4 is 0 Å². The summed E-state index contributed by atoms with van der Waals surface area (Å²) in [4.78, 5) is 10.5. The van der Waals surface area contributed by atoms with Crippen LogP contribution in [0.3, 0.4) is 0 Å². The molecular weight excluding hydrogens is 899 g/mol. The van der Waals surface area contributed by atoms with Crippen molar-refractivity contribution in [3.05, 3.63) is 254 Å². The van der Waals surface area contributed by atoms with Gasteiger partial charge in [0.1, 0.15) is 0 Å². The topological polar surface area (TPSA) is 59.4 Å². The molecule has 5 heteroatoms. The summed E-state index contributed by atoms with van der Waals surface area (Å²) in [5.41, 5.74) is 9.29. The summed E-state index contributed by atoms with van der Waals surface area (Å²) >= 11 is 0.